The fourth-order valence-electron chi connectivity index (χ4n) is 1.11. The Morgan fingerprint density at radius 1 is 1.58 bits per heavy atom. The van der Waals surface area contributed by atoms with Crippen molar-refractivity contribution >= 4 is 26.5 Å². The number of nitrogens with zero attached hydrogens (tertiary/aromatic N) is 1. The normalized spacial score (nSPS) is 9.50. The van der Waals surface area contributed by atoms with Crippen LogP contribution < -0.4 is 0 Å². The van der Waals surface area contributed by atoms with Crippen LogP contribution in [0.25, 0.3) is 10.6 Å². The standard InChI is InChI=1S/C10H10BrN/c1-4-9-6-12-5-7(2)10(9)8(3)11/h4-6H,1,3H2,2H3. The molecule has 0 amide bonds. The van der Waals surface area contributed by atoms with Gasteiger partial charge >= 0.3 is 0 Å². The van der Waals surface area contributed by atoms with Gasteiger partial charge in [-0.1, -0.05) is 35.2 Å². The molecule has 0 N–H and O–H groups in total. The third kappa shape index (κ3) is 1.64. The van der Waals surface area contributed by atoms with Gasteiger partial charge in [0, 0.05) is 28.0 Å². The lowest BCUT2D eigenvalue weighted by molar-refractivity contribution is 1.25. The van der Waals surface area contributed by atoms with Gasteiger partial charge in [-0.2, -0.15) is 0 Å². The molecule has 62 valence electrons. The number of hydrogen-bond donors (Lipinski definition) is 0. The molecular weight excluding hydrogens is 214 g/mol. The van der Waals surface area contributed by atoms with Crippen molar-refractivity contribution in [2.75, 3.05) is 0 Å². The molecule has 1 aromatic rings. The molecule has 0 unspecified atom stereocenters. The van der Waals surface area contributed by atoms with E-state index in [-0.39, 0.29) is 0 Å². The van der Waals surface area contributed by atoms with E-state index in [1.165, 1.54) is 0 Å². The zero-order valence-electron chi connectivity index (χ0n) is 6.97. The molecule has 0 aromatic carbocycles. The van der Waals surface area contributed by atoms with Crippen molar-refractivity contribution in [3.8, 4) is 0 Å². The molecule has 0 saturated carbocycles. The summed E-state index contributed by atoms with van der Waals surface area (Å²) in [5.74, 6) is 0. The number of rotatable bonds is 2. The summed E-state index contributed by atoms with van der Waals surface area (Å²) in [5, 5.41) is 0. The van der Waals surface area contributed by atoms with Crippen molar-refractivity contribution in [3.63, 3.8) is 0 Å². The molecule has 2 heteroatoms. The van der Waals surface area contributed by atoms with Crippen LogP contribution in [0, 0.1) is 6.92 Å². The van der Waals surface area contributed by atoms with Crippen LogP contribution >= 0.6 is 15.9 Å². The number of aromatic nitrogens is 1. The second-order valence-electron chi connectivity index (χ2n) is 2.53. The molecule has 12 heavy (non-hydrogen) atoms. The Morgan fingerprint density at radius 3 is 2.67 bits per heavy atom. The first kappa shape index (κ1) is 9.20. The van der Waals surface area contributed by atoms with Gasteiger partial charge in [-0.15, -0.1) is 0 Å². The van der Waals surface area contributed by atoms with Crippen molar-refractivity contribution in [2.24, 2.45) is 0 Å². The predicted molar refractivity (Wildman–Crippen MR) is 57.0 cm³/mol. The lowest BCUT2D eigenvalue weighted by Gasteiger charge is -2.06. The molecule has 0 bridgehead atoms. The van der Waals surface area contributed by atoms with Gasteiger partial charge in [-0.05, 0) is 12.5 Å². The molecule has 0 radical (unpaired) electrons. The lowest BCUT2D eigenvalue weighted by Crippen LogP contribution is -1.89. The average molecular weight is 224 g/mol. The van der Waals surface area contributed by atoms with E-state index in [1.807, 2.05) is 13.1 Å². The molecule has 1 heterocycles. The maximum absolute atomic E-state index is 4.06. The maximum atomic E-state index is 4.06. The monoisotopic (exact) mass is 223 g/mol. The summed E-state index contributed by atoms with van der Waals surface area (Å²) in [4.78, 5) is 4.06. The fourth-order valence-corrected chi connectivity index (χ4v) is 1.65. The van der Waals surface area contributed by atoms with Gasteiger partial charge in [0.2, 0.25) is 0 Å². The first-order valence-electron chi connectivity index (χ1n) is 3.58. The average Bonchev–Trinajstić information content (AvgIpc) is 2.03. The minimum absolute atomic E-state index is 0.873. The van der Waals surface area contributed by atoms with Gasteiger partial charge in [0.05, 0.1) is 0 Å². The van der Waals surface area contributed by atoms with Crippen molar-refractivity contribution < 1.29 is 0 Å². The zero-order valence-corrected chi connectivity index (χ0v) is 8.56. The molecule has 0 atom stereocenters. The second-order valence-corrected chi connectivity index (χ2v) is 3.49. The van der Waals surface area contributed by atoms with E-state index in [9.17, 15) is 0 Å². The third-order valence-corrected chi connectivity index (χ3v) is 2.05. The van der Waals surface area contributed by atoms with Gasteiger partial charge in [0.1, 0.15) is 0 Å². The Bertz CT molecular complexity index is 329. The summed E-state index contributed by atoms with van der Waals surface area (Å²) in [6, 6.07) is 0. The van der Waals surface area contributed by atoms with Gasteiger partial charge in [0.15, 0.2) is 0 Å². The lowest BCUT2D eigenvalue weighted by atomic mass is 10.1. The molecule has 0 aliphatic carbocycles. The number of pyridine rings is 1. The highest BCUT2D eigenvalue weighted by Gasteiger charge is 2.04. The van der Waals surface area contributed by atoms with Crippen LogP contribution in [-0.4, -0.2) is 4.98 Å². The van der Waals surface area contributed by atoms with E-state index < -0.39 is 0 Å². The molecule has 0 aliphatic heterocycles. The molecule has 0 aliphatic rings. The van der Waals surface area contributed by atoms with Crippen LogP contribution in [0.5, 0.6) is 0 Å². The molecular formula is C10H10BrN. The Hall–Kier alpha value is -0.890. The van der Waals surface area contributed by atoms with E-state index in [4.69, 9.17) is 0 Å². The van der Waals surface area contributed by atoms with Gasteiger partial charge in [-0.25, -0.2) is 0 Å². The number of hydrogen-bond acceptors (Lipinski definition) is 1. The largest absolute Gasteiger partial charge is 0.264 e. The minimum atomic E-state index is 0.873. The van der Waals surface area contributed by atoms with Gasteiger partial charge in [0.25, 0.3) is 0 Å². The zero-order chi connectivity index (χ0) is 9.14. The van der Waals surface area contributed by atoms with Crippen molar-refractivity contribution in [1.82, 2.24) is 4.98 Å². The minimum Gasteiger partial charge on any atom is -0.264 e. The summed E-state index contributed by atoms with van der Waals surface area (Å²) in [6.07, 6.45) is 5.37. The van der Waals surface area contributed by atoms with Crippen LogP contribution in [0.15, 0.2) is 25.6 Å². The summed E-state index contributed by atoms with van der Waals surface area (Å²) in [7, 11) is 0. The van der Waals surface area contributed by atoms with E-state index in [2.05, 4.69) is 34.1 Å². The van der Waals surface area contributed by atoms with E-state index in [1.54, 1.807) is 12.3 Å². The molecule has 0 spiro atoms. The summed E-state index contributed by atoms with van der Waals surface area (Å²) in [6.45, 7) is 9.55. The highest BCUT2D eigenvalue weighted by molar-refractivity contribution is 9.15. The highest BCUT2D eigenvalue weighted by atomic mass is 79.9. The van der Waals surface area contributed by atoms with Gasteiger partial charge < -0.3 is 0 Å². The smallest absolute Gasteiger partial charge is 0.0346 e. The fraction of sp³-hybridized carbons (Fsp3) is 0.100. The molecule has 1 aromatic heterocycles. The van der Waals surface area contributed by atoms with E-state index in [0.29, 0.717) is 0 Å². The number of halogens is 1. The Balaban J connectivity index is 3.39. The SMILES string of the molecule is C=Cc1cncc(C)c1C(=C)Br. The summed E-state index contributed by atoms with van der Waals surface area (Å²) >= 11 is 3.35. The van der Waals surface area contributed by atoms with E-state index >= 15 is 0 Å². The van der Waals surface area contributed by atoms with Crippen molar-refractivity contribution in [3.05, 3.63) is 42.2 Å². The first-order chi connectivity index (χ1) is 5.66. The summed E-state index contributed by atoms with van der Waals surface area (Å²) in [5.41, 5.74) is 3.20. The Kier molecular flexibility index (Phi) is 2.82. The molecule has 0 fully saturated rings. The van der Waals surface area contributed by atoms with Crippen molar-refractivity contribution in [2.45, 2.75) is 6.92 Å². The van der Waals surface area contributed by atoms with Crippen LogP contribution in [-0.2, 0) is 0 Å². The predicted octanol–water partition coefficient (Wildman–Crippen LogP) is 3.40. The van der Waals surface area contributed by atoms with Crippen LogP contribution in [0.1, 0.15) is 16.7 Å². The quantitative estimate of drug-likeness (QED) is 0.750. The topological polar surface area (TPSA) is 12.9 Å². The van der Waals surface area contributed by atoms with Crippen LogP contribution in [0.3, 0.4) is 0 Å². The van der Waals surface area contributed by atoms with Crippen LogP contribution in [0.2, 0.25) is 0 Å². The molecule has 0 saturated heterocycles. The number of aryl methyl sites for hydroxylation is 1. The Morgan fingerprint density at radius 2 is 2.25 bits per heavy atom. The van der Waals surface area contributed by atoms with Crippen molar-refractivity contribution in [1.29, 1.82) is 0 Å². The third-order valence-electron chi connectivity index (χ3n) is 1.66. The Labute approximate surface area is 81.0 Å². The van der Waals surface area contributed by atoms with Crippen LogP contribution in [0.4, 0.5) is 0 Å². The first-order valence-corrected chi connectivity index (χ1v) is 4.38. The van der Waals surface area contributed by atoms with E-state index in [0.717, 1.165) is 21.2 Å². The highest BCUT2D eigenvalue weighted by Crippen LogP contribution is 2.25. The maximum Gasteiger partial charge on any atom is 0.0346 e. The second kappa shape index (κ2) is 3.68. The molecule has 1 nitrogen and oxygen atoms in total. The summed E-state index contributed by atoms with van der Waals surface area (Å²) < 4.78 is 0.873. The molecule has 1 rings (SSSR count). The van der Waals surface area contributed by atoms with Gasteiger partial charge in [-0.3, -0.25) is 4.98 Å².